The Hall–Kier alpha value is -1.94. The van der Waals surface area contributed by atoms with Gasteiger partial charge in [-0.3, -0.25) is 0 Å². The highest BCUT2D eigenvalue weighted by Crippen LogP contribution is 2.31. The second-order valence-electron chi connectivity index (χ2n) is 3.40. The van der Waals surface area contributed by atoms with Gasteiger partial charge in [0.15, 0.2) is 0 Å². The van der Waals surface area contributed by atoms with Crippen molar-refractivity contribution < 1.29 is 14.6 Å². The van der Waals surface area contributed by atoms with Crippen LogP contribution in [0.5, 0.6) is 5.75 Å². The molecule has 5 heteroatoms. The molecule has 0 aliphatic carbocycles. The molecule has 2 N–H and O–H groups in total. The van der Waals surface area contributed by atoms with E-state index in [4.69, 9.17) is 21.4 Å². The van der Waals surface area contributed by atoms with Crippen LogP contribution in [0.25, 0.3) is 0 Å². The molecule has 0 radical (unpaired) electrons. The molecule has 4 nitrogen and oxygen atoms in total. The molecule has 0 aliphatic heterocycles. The molecule has 0 heterocycles. The summed E-state index contributed by atoms with van der Waals surface area (Å²) >= 11 is 5.98. The Bertz CT molecular complexity index is 472. The molecule has 0 aliphatic rings. The predicted octanol–water partition coefficient (Wildman–Crippen LogP) is 3.20. The lowest BCUT2D eigenvalue weighted by Gasteiger charge is -2.12. The van der Waals surface area contributed by atoms with Crippen molar-refractivity contribution in [2.24, 2.45) is 0 Å². The zero-order valence-corrected chi connectivity index (χ0v) is 10.5. The van der Waals surface area contributed by atoms with E-state index < -0.39 is 5.97 Å². The van der Waals surface area contributed by atoms with Gasteiger partial charge in [0.1, 0.15) is 17.9 Å². The van der Waals surface area contributed by atoms with Gasteiger partial charge in [-0.15, -0.1) is 6.58 Å². The lowest BCUT2D eigenvalue weighted by atomic mass is 10.1. The van der Waals surface area contributed by atoms with E-state index in [9.17, 15) is 4.79 Å². The third-order valence-electron chi connectivity index (χ3n) is 2.09. The van der Waals surface area contributed by atoms with Crippen LogP contribution in [0.4, 0.5) is 5.69 Å². The lowest BCUT2D eigenvalue weighted by Crippen LogP contribution is -2.06. The Balaban J connectivity index is 3.12. The van der Waals surface area contributed by atoms with E-state index in [2.05, 4.69) is 18.5 Å². The number of carboxylic acid groups (broad SMARTS) is 1. The molecular weight excluding hydrogens is 254 g/mol. The van der Waals surface area contributed by atoms with Crippen LogP contribution in [0.1, 0.15) is 10.4 Å². The first-order valence-electron chi connectivity index (χ1n) is 5.25. The lowest BCUT2D eigenvalue weighted by molar-refractivity contribution is 0.0693. The van der Waals surface area contributed by atoms with Crippen LogP contribution in [0.15, 0.2) is 37.4 Å². The molecule has 18 heavy (non-hydrogen) atoms. The molecule has 0 saturated carbocycles. The van der Waals surface area contributed by atoms with Gasteiger partial charge < -0.3 is 15.2 Å². The third-order valence-corrected chi connectivity index (χ3v) is 2.41. The van der Waals surface area contributed by atoms with E-state index in [1.807, 2.05) is 0 Å². The van der Waals surface area contributed by atoms with E-state index in [0.29, 0.717) is 17.3 Å². The summed E-state index contributed by atoms with van der Waals surface area (Å²) in [6.45, 7) is 7.84. The fourth-order valence-electron chi connectivity index (χ4n) is 1.31. The molecule has 1 aromatic rings. The summed E-state index contributed by atoms with van der Waals surface area (Å²) in [7, 11) is 0. The highest BCUT2D eigenvalue weighted by molar-refractivity contribution is 6.33. The molecule has 0 fully saturated rings. The average Bonchev–Trinajstić information content (AvgIpc) is 2.35. The monoisotopic (exact) mass is 267 g/mol. The van der Waals surface area contributed by atoms with E-state index >= 15 is 0 Å². The summed E-state index contributed by atoms with van der Waals surface area (Å²) in [4.78, 5) is 11.1. The average molecular weight is 268 g/mol. The number of hydrogen-bond acceptors (Lipinski definition) is 3. The minimum Gasteiger partial charge on any atom is -0.489 e. The normalized spacial score (nSPS) is 9.61. The quantitative estimate of drug-likeness (QED) is 0.745. The molecule has 1 aromatic carbocycles. The summed E-state index contributed by atoms with van der Waals surface area (Å²) in [6.07, 6.45) is 3.21. The molecule has 0 unspecified atom stereocenters. The zero-order valence-electron chi connectivity index (χ0n) is 9.78. The summed E-state index contributed by atoms with van der Waals surface area (Å²) in [6, 6.07) is 2.91. The molecule has 0 atom stereocenters. The van der Waals surface area contributed by atoms with Crippen molar-refractivity contribution in [3.05, 3.63) is 48.0 Å². The van der Waals surface area contributed by atoms with Gasteiger partial charge in [-0.1, -0.05) is 30.3 Å². The standard InChI is InChI=1S/C13H14ClNO3/c1-3-5-15-11-8-12(18-6-4-2)9(13(16)17)7-10(11)14/h3-4,7-8,15H,1-2,5-6H2,(H,16,17). The highest BCUT2D eigenvalue weighted by atomic mass is 35.5. The molecule has 1 rings (SSSR count). The van der Waals surface area contributed by atoms with E-state index in [0.717, 1.165) is 0 Å². The first kappa shape index (κ1) is 14.1. The van der Waals surface area contributed by atoms with Gasteiger partial charge in [-0.2, -0.15) is 0 Å². The van der Waals surface area contributed by atoms with Gasteiger partial charge in [0.25, 0.3) is 0 Å². The van der Waals surface area contributed by atoms with Gasteiger partial charge in [0.2, 0.25) is 0 Å². The van der Waals surface area contributed by atoms with Crippen LogP contribution in [0, 0.1) is 0 Å². The Morgan fingerprint density at radius 1 is 1.44 bits per heavy atom. The number of benzene rings is 1. The van der Waals surface area contributed by atoms with Crippen molar-refractivity contribution in [1.29, 1.82) is 0 Å². The summed E-state index contributed by atoms with van der Waals surface area (Å²) in [5, 5.41) is 12.4. The number of nitrogens with one attached hydrogen (secondary N) is 1. The molecule has 0 bridgehead atoms. The summed E-state index contributed by atoms with van der Waals surface area (Å²) in [5.41, 5.74) is 0.617. The Morgan fingerprint density at radius 2 is 2.17 bits per heavy atom. The molecular formula is C13H14ClNO3. The Morgan fingerprint density at radius 3 is 2.72 bits per heavy atom. The highest BCUT2D eigenvalue weighted by Gasteiger charge is 2.15. The van der Waals surface area contributed by atoms with Crippen molar-refractivity contribution >= 4 is 23.3 Å². The maximum Gasteiger partial charge on any atom is 0.339 e. The third kappa shape index (κ3) is 3.53. The zero-order chi connectivity index (χ0) is 13.5. The van der Waals surface area contributed by atoms with Crippen LogP contribution >= 0.6 is 11.6 Å². The van der Waals surface area contributed by atoms with E-state index in [-0.39, 0.29) is 17.9 Å². The van der Waals surface area contributed by atoms with Gasteiger partial charge in [-0.05, 0) is 6.07 Å². The van der Waals surface area contributed by atoms with Crippen LogP contribution in [-0.4, -0.2) is 24.2 Å². The van der Waals surface area contributed by atoms with Gasteiger partial charge >= 0.3 is 5.97 Å². The number of rotatable bonds is 7. The molecule has 0 spiro atoms. The maximum absolute atomic E-state index is 11.1. The number of carbonyl (C=O) groups is 1. The first-order chi connectivity index (χ1) is 8.60. The number of anilines is 1. The molecule has 0 saturated heterocycles. The van der Waals surface area contributed by atoms with Crippen LogP contribution < -0.4 is 10.1 Å². The van der Waals surface area contributed by atoms with E-state index in [1.54, 1.807) is 12.1 Å². The number of halogens is 1. The minimum atomic E-state index is -1.09. The number of carboxylic acids is 1. The number of ether oxygens (including phenoxy) is 1. The second kappa shape index (κ2) is 6.71. The first-order valence-corrected chi connectivity index (χ1v) is 5.63. The van der Waals surface area contributed by atoms with Gasteiger partial charge in [0.05, 0.1) is 10.7 Å². The summed E-state index contributed by atoms with van der Waals surface area (Å²) in [5.74, 6) is -0.843. The second-order valence-corrected chi connectivity index (χ2v) is 3.81. The van der Waals surface area contributed by atoms with Crippen molar-refractivity contribution in [2.75, 3.05) is 18.5 Å². The largest absolute Gasteiger partial charge is 0.489 e. The molecule has 96 valence electrons. The SMILES string of the molecule is C=CCNc1cc(OCC=C)c(C(=O)O)cc1Cl. The van der Waals surface area contributed by atoms with Crippen LogP contribution in [0.3, 0.4) is 0 Å². The van der Waals surface area contributed by atoms with E-state index in [1.165, 1.54) is 12.1 Å². The fourth-order valence-corrected chi connectivity index (χ4v) is 1.54. The Labute approximate surface area is 111 Å². The fraction of sp³-hybridized carbons (Fsp3) is 0.154. The van der Waals surface area contributed by atoms with Crippen molar-refractivity contribution in [1.82, 2.24) is 0 Å². The van der Waals surface area contributed by atoms with Crippen molar-refractivity contribution in [3.8, 4) is 5.75 Å². The minimum absolute atomic E-state index is 0.0194. The maximum atomic E-state index is 11.1. The van der Waals surface area contributed by atoms with Crippen molar-refractivity contribution in [2.45, 2.75) is 0 Å². The van der Waals surface area contributed by atoms with Crippen LogP contribution in [-0.2, 0) is 0 Å². The van der Waals surface area contributed by atoms with Crippen LogP contribution in [0.2, 0.25) is 5.02 Å². The smallest absolute Gasteiger partial charge is 0.339 e. The topological polar surface area (TPSA) is 58.6 Å². The Kier molecular flexibility index (Phi) is 5.27. The van der Waals surface area contributed by atoms with Gasteiger partial charge in [0, 0.05) is 12.6 Å². The predicted molar refractivity (Wildman–Crippen MR) is 72.8 cm³/mol. The number of hydrogen-bond donors (Lipinski definition) is 2. The van der Waals surface area contributed by atoms with Gasteiger partial charge in [-0.25, -0.2) is 4.79 Å². The number of aromatic carboxylic acids is 1. The van der Waals surface area contributed by atoms with Crippen molar-refractivity contribution in [3.63, 3.8) is 0 Å². The molecule has 0 amide bonds. The summed E-state index contributed by atoms with van der Waals surface area (Å²) < 4.78 is 5.30. The molecule has 0 aromatic heterocycles.